The second-order valence-electron chi connectivity index (χ2n) is 11.1. The van der Waals surface area contributed by atoms with E-state index in [1.165, 1.54) is 0 Å². The molecule has 39 heavy (non-hydrogen) atoms. The fourth-order valence-electron chi connectivity index (χ4n) is 6.96. The second kappa shape index (κ2) is 9.04. The number of fused-ring (bicyclic) bond motifs is 4. The molecule has 12 heteroatoms. The van der Waals surface area contributed by atoms with Gasteiger partial charge in [-0.2, -0.15) is 0 Å². The van der Waals surface area contributed by atoms with Crippen LogP contribution >= 0.6 is 0 Å². The molecule has 0 aromatic heterocycles. The van der Waals surface area contributed by atoms with Gasteiger partial charge in [0.05, 0.1) is 17.3 Å². The number of likely N-dealkylation sites (N-methyl/N-ethyl adjacent to an activating group) is 1. The zero-order chi connectivity index (χ0) is 28.7. The monoisotopic (exact) mass is 544 g/mol. The number of nitrogens with zero attached hydrogens (tertiary/aromatic N) is 2. The minimum Gasteiger partial charge on any atom is -0.510 e. The quantitative estimate of drug-likeness (QED) is 0.237. The molecule has 7 N–H and O–H groups in total. The molecule has 5 atom stereocenters. The number of allylic oxidation sites excluding steroid dienone is 1. The minimum absolute atomic E-state index is 0.00101. The summed E-state index contributed by atoms with van der Waals surface area (Å²) in [4.78, 5) is 42.9. The first-order valence-electron chi connectivity index (χ1n) is 12.9. The van der Waals surface area contributed by atoms with Gasteiger partial charge in [-0.3, -0.25) is 19.3 Å². The summed E-state index contributed by atoms with van der Waals surface area (Å²) in [6.07, 6.45) is 0.392. The van der Waals surface area contributed by atoms with Crippen LogP contribution in [0.25, 0.3) is 0 Å². The highest BCUT2D eigenvalue weighted by Crippen LogP contribution is 2.54. The fourth-order valence-corrected chi connectivity index (χ4v) is 6.96. The van der Waals surface area contributed by atoms with Crippen molar-refractivity contribution in [1.29, 1.82) is 0 Å². The van der Waals surface area contributed by atoms with Gasteiger partial charge in [-0.05, 0) is 52.9 Å². The summed E-state index contributed by atoms with van der Waals surface area (Å²) in [5.74, 6) is -8.19. The molecule has 1 aliphatic heterocycles. The number of rotatable bonds is 4. The third-order valence-corrected chi connectivity index (χ3v) is 8.95. The van der Waals surface area contributed by atoms with Crippen molar-refractivity contribution in [2.45, 2.75) is 43.9 Å². The van der Waals surface area contributed by atoms with Crippen LogP contribution in [0.1, 0.15) is 47.3 Å². The first-order chi connectivity index (χ1) is 18.3. The van der Waals surface area contributed by atoms with Crippen molar-refractivity contribution in [3.8, 4) is 5.75 Å². The van der Waals surface area contributed by atoms with Crippen molar-refractivity contribution in [1.82, 2.24) is 9.80 Å². The smallest absolute Gasteiger partial charge is 0.255 e. The lowest BCUT2D eigenvalue weighted by Gasteiger charge is -2.50. The molecule has 4 aliphatic rings. The molecule has 0 saturated carbocycles. The number of carbonyl (C=O) groups excluding carboxylic acids is 3. The molecule has 0 radical (unpaired) electrons. The van der Waals surface area contributed by atoms with E-state index < -0.39 is 69.6 Å². The number of nitrogens with one attached hydrogen (secondary N) is 1. The largest absolute Gasteiger partial charge is 0.510 e. The number of nitrogens with two attached hydrogens (primary N) is 1. The summed E-state index contributed by atoms with van der Waals surface area (Å²) in [5, 5.41) is 48.3. The third kappa shape index (κ3) is 3.47. The number of ketones is 2. The molecule has 1 heterocycles. The number of benzene rings is 1. The van der Waals surface area contributed by atoms with Gasteiger partial charge in [-0.1, -0.05) is 6.92 Å². The summed E-state index contributed by atoms with van der Waals surface area (Å²) in [6, 6.07) is -1.44. The number of phenols is 1. The van der Waals surface area contributed by atoms with Crippen LogP contribution in [0.5, 0.6) is 5.75 Å². The van der Waals surface area contributed by atoms with Gasteiger partial charge < -0.3 is 36.4 Å². The highest BCUT2D eigenvalue weighted by Gasteiger charge is 2.63. The minimum atomic E-state index is -2.74. The Kier molecular flexibility index (Phi) is 6.28. The van der Waals surface area contributed by atoms with E-state index in [2.05, 4.69) is 5.32 Å². The number of hydrogen-bond donors (Lipinski definition) is 6. The molecule has 1 aromatic rings. The van der Waals surface area contributed by atoms with Crippen molar-refractivity contribution in [2.24, 2.45) is 17.6 Å². The molecular formula is C27H33FN4O7. The molecule has 11 nitrogen and oxygen atoms in total. The number of hydrogen-bond acceptors (Lipinski definition) is 10. The average Bonchev–Trinajstić information content (AvgIpc) is 2.88. The number of Topliss-reactive ketones (excluding diaryl/α,β-unsaturated/α-hetero) is 2. The number of amides is 1. The fraction of sp³-hybridized carbons (Fsp3) is 0.519. The third-order valence-electron chi connectivity index (χ3n) is 8.95. The van der Waals surface area contributed by atoms with E-state index >= 15 is 4.39 Å². The highest BCUT2D eigenvalue weighted by atomic mass is 19.1. The van der Waals surface area contributed by atoms with E-state index in [0.29, 0.717) is 19.5 Å². The Morgan fingerprint density at radius 3 is 2.46 bits per heavy atom. The lowest BCUT2D eigenvalue weighted by molar-refractivity contribution is -0.148. The van der Waals surface area contributed by atoms with Crippen molar-refractivity contribution >= 4 is 23.2 Å². The van der Waals surface area contributed by atoms with E-state index in [1.54, 1.807) is 33.0 Å². The molecule has 0 saturated heterocycles. The maximum atomic E-state index is 16.2. The summed E-state index contributed by atoms with van der Waals surface area (Å²) >= 11 is 0. The van der Waals surface area contributed by atoms with Crippen LogP contribution in [0.3, 0.4) is 0 Å². The molecule has 210 valence electrons. The van der Waals surface area contributed by atoms with Crippen molar-refractivity contribution < 1.29 is 39.2 Å². The van der Waals surface area contributed by atoms with Crippen molar-refractivity contribution in [2.75, 3.05) is 39.5 Å². The van der Waals surface area contributed by atoms with Crippen LogP contribution in [0, 0.1) is 17.7 Å². The van der Waals surface area contributed by atoms with E-state index in [4.69, 9.17) is 5.73 Å². The Bertz CT molecular complexity index is 1390. The normalized spacial score (nSPS) is 30.2. The molecule has 1 aromatic carbocycles. The van der Waals surface area contributed by atoms with Crippen LogP contribution in [0.2, 0.25) is 0 Å². The van der Waals surface area contributed by atoms with Gasteiger partial charge in [0.1, 0.15) is 22.9 Å². The summed E-state index contributed by atoms with van der Waals surface area (Å²) in [6.45, 7) is 2.52. The summed E-state index contributed by atoms with van der Waals surface area (Å²) in [5.41, 5.74) is 1.47. The molecule has 0 fully saturated rings. The Hall–Kier alpha value is -3.48. The Morgan fingerprint density at radius 2 is 1.87 bits per heavy atom. The number of anilines is 1. The van der Waals surface area contributed by atoms with Gasteiger partial charge in [-0.15, -0.1) is 0 Å². The number of phenolic OH excluding ortho intramolecular Hbond substituents is 1. The Morgan fingerprint density at radius 1 is 1.21 bits per heavy atom. The number of aliphatic hydroxyl groups excluding tert-OH is 2. The van der Waals surface area contributed by atoms with Gasteiger partial charge in [-0.25, -0.2) is 4.39 Å². The number of primary amides is 1. The van der Waals surface area contributed by atoms with Crippen LogP contribution in [0.4, 0.5) is 10.1 Å². The zero-order valence-electron chi connectivity index (χ0n) is 22.2. The predicted molar refractivity (Wildman–Crippen MR) is 138 cm³/mol. The summed E-state index contributed by atoms with van der Waals surface area (Å²) < 4.78 is 16.2. The average molecular weight is 545 g/mol. The van der Waals surface area contributed by atoms with Gasteiger partial charge in [0, 0.05) is 35.2 Å². The number of halogens is 1. The van der Waals surface area contributed by atoms with E-state index in [9.17, 15) is 34.8 Å². The van der Waals surface area contributed by atoms with E-state index in [0.717, 1.165) is 0 Å². The molecule has 3 aliphatic carbocycles. The number of carbonyl (C=O) groups is 3. The second-order valence-corrected chi connectivity index (χ2v) is 11.1. The molecular weight excluding hydrogens is 511 g/mol. The maximum Gasteiger partial charge on any atom is 0.255 e. The zero-order valence-corrected chi connectivity index (χ0v) is 22.2. The molecule has 1 amide bonds. The van der Waals surface area contributed by atoms with Crippen LogP contribution in [-0.4, -0.2) is 93.6 Å². The molecule has 0 bridgehead atoms. The van der Waals surface area contributed by atoms with Crippen molar-refractivity contribution in [3.63, 3.8) is 0 Å². The van der Waals surface area contributed by atoms with Gasteiger partial charge in [0.2, 0.25) is 5.78 Å². The lowest BCUT2D eigenvalue weighted by Crippen LogP contribution is -2.64. The molecule has 1 unspecified atom stereocenters. The molecule has 0 spiro atoms. The standard InChI is InChI=1S/C27H33FN4O7/c1-5-32(4)20-12-9-10-8-11-15(22(34)19-16(18(11)28)13(31(2)3)6-7-30-19)21(33)14(10)24(36)27(12,39)25(37)17(23(20)35)26(29)38/h10,12-13,20,30,34-36,39H,5-9H2,1-4H3,(H2,29,38)/t10-,12-,13?,20-,27-/m0/s1. The lowest BCUT2D eigenvalue weighted by atomic mass is 9.58. The first kappa shape index (κ1) is 27.1. The van der Waals surface area contributed by atoms with Gasteiger partial charge in [0.25, 0.3) is 5.91 Å². The van der Waals surface area contributed by atoms with Gasteiger partial charge >= 0.3 is 0 Å². The number of aromatic hydroxyl groups is 1. The number of aliphatic hydroxyl groups is 3. The van der Waals surface area contributed by atoms with Gasteiger partial charge in [0.15, 0.2) is 17.1 Å². The topological polar surface area (TPSA) is 177 Å². The van der Waals surface area contributed by atoms with Crippen LogP contribution in [0.15, 0.2) is 22.7 Å². The van der Waals surface area contributed by atoms with E-state index in [1.807, 2.05) is 4.90 Å². The predicted octanol–water partition coefficient (Wildman–Crippen LogP) is 1.07. The van der Waals surface area contributed by atoms with Crippen LogP contribution < -0.4 is 11.1 Å². The highest BCUT2D eigenvalue weighted by molar-refractivity contribution is 6.25. The maximum absolute atomic E-state index is 16.2. The molecule has 5 rings (SSSR count). The van der Waals surface area contributed by atoms with Crippen molar-refractivity contribution in [3.05, 3.63) is 45.2 Å². The Labute approximate surface area is 224 Å². The Balaban J connectivity index is 1.73. The SMILES string of the molecule is CCN(C)[C@@H]1C(O)=C(C(N)=O)C(=O)[C@@]2(O)C(O)=C3C(=O)c4c(O)c5c(c(F)c4C[C@H]3C[C@@H]12)C(N(C)C)CCN5. The first-order valence-corrected chi connectivity index (χ1v) is 12.9. The van der Waals surface area contributed by atoms with E-state index in [-0.39, 0.29) is 46.8 Å². The summed E-state index contributed by atoms with van der Waals surface area (Å²) in [7, 11) is 5.20. The van der Waals surface area contributed by atoms with Crippen LogP contribution in [-0.2, 0) is 16.0 Å².